The van der Waals surface area contributed by atoms with Gasteiger partial charge in [-0.3, -0.25) is 9.59 Å². The fourth-order valence-corrected chi connectivity index (χ4v) is 2.71. The highest BCUT2D eigenvalue weighted by atomic mass is 32.1. The van der Waals surface area contributed by atoms with Crippen LogP contribution in [0.15, 0.2) is 15.9 Å². The number of thiophene rings is 1. The van der Waals surface area contributed by atoms with Crippen LogP contribution >= 0.6 is 11.3 Å². The maximum absolute atomic E-state index is 12.6. The minimum Gasteiger partial charge on any atom is -0.423 e. The highest BCUT2D eigenvalue weighted by Crippen LogP contribution is 2.19. The van der Waals surface area contributed by atoms with E-state index in [0.717, 1.165) is 0 Å². The Morgan fingerprint density at radius 2 is 2.00 bits per heavy atom. The summed E-state index contributed by atoms with van der Waals surface area (Å²) in [6.07, 6.45) is 0.662. The van der Waals surface area contributed by atoms with Gasteiger partial charge in [0.15, 0.2) is 5.78 Å². The van der Waals surface area contributed by atoms with Crippen LogP contribution in [0.3, 0.4) is 0 Å². The second-order valence-electron chi connectivity index (χ2n) is 5.23. The van der Waals surface area contributed by atoms with Crippen LogP contribution in [-0.2, 0) is 13.0 Å². The van der Waals surface area contributed by atoms with E-state index in [4.69, 9.17) is 4.42 Å². The average molecular weight is 321 g/mol. The lowest BCUT2D eigenvalue weighted by atomic mass is 10.2. The third-order valence-electron chi connectivity index (χ3n) is 3.19. The number of aryl methyl sites for hydroxylation is 1. The Hall–Kier alpha value is -2.02. The molecule has 0 N–H and O–H groups in total. The van der Waals surface area contributed by atoms with Gasteiger partial charge in [0.2, 0.25) is 11.8 Å². The lowest BCUT2D eigenvalue weighted by Crippen LogP contribution is -2.36. The highest BCUT2D eigenvalue weighted by molar-refractivity contribution is 7.12. The summed E-state index contributed by atoms with van der Waals surface area (Å²) < 4.78 is 5.48. The van der Waals surface area contributed by atoms with Gasteiger partial charge in [0, 0.05) is 17.8 Å². The summed E-state index contributed by atoms with van der Waals surface area (Å²) in [6.45, 7) is 7.53. The van der Waals surface area contributed by atoms with Gasteiger partial charge in [-0.2, -0.15) is 0 Å². The van der Waals surface area contributed by atoms with Gasteiger partial charge in [-0.1, -0.05) is 6.92 Å². The zero-order chi connectivity index (χ0) is 16.3. The summed E-state index contributed by atoms with van der Waals surface area (Å²) in [5.41, 5.74) is 0.513. The van der Waals surface area contributed by atoms with Crippen molar-refractivity contribution in [1.82, 2.24) is 15.1 Å². The quantitative estimate of drug-likeness (QED) is 0.765. The Morgan fingerprint density at radius 1 is 1.32 bits per heavy atom. The van der Waals surface area contributed by atoms with E-state index in [2.05, 4.69) is 10.2 Å². The first-order valence-corrected chi connectivity index (χ1v) is 8.02. The molecule has 118 valence electrons. The monoisotopic (exact) mass is 321 g/mol. The minimum absolute atomic E-state index is 0.0230. The smallest absolute Gasteiger partial charge is 0.255 e. The first-order chi connectivity index (χ1) is 10.4. The van der Waals surface area contributed by atoms with Crippen LogP contribution in [0.2, 0.25) is 0 Å². The van der Waals surface area contributed by atoms with E-state index in [0.29, 0.717) is 28.6 Å². The van der Waals surface area contributed by atoms with Crippen LogP contribution in [0.5, 0.6) is 0 Å². The van der Waals surface area contributed by atoms with Gasteiger partial charge in [-0.25, -0.2) is 0 Å². The molecular formula is C15H19N3O3S. The maximum Gasteiger partial charge on any atom is 0.255 e. The summed E-state index contributed by atoms with van der Waals surface area (Å²) in [4.78, 5) is 26.2. The molecule has 1 amide bonds. The summed E-state index contributed by atoms with van der Waals surface area (Å²) in [5.74, 6) is 0.793. The molecule has 0 aromatic carbocycles. The van der Waals surface area contributed by atoms with Crippen molar-refractivity contribution in [3.63, 3.8) is 0 Å². The second kappa shape index (κ2) is 6.83. The largest absolute Gasteiger partial charge is 0.423 e. The number of hydrogen-bond acceptors (Lipinski definition) is 6. The third-order valence-corrected chi connectivity index (χ3v) is 4.23. The van der Waals surface area contributed by atoms with E-state index >= 15 is 0 Å². The van der Waals surface area contributed by atoms with Gasteiger partial charge in [0.05, 0.1) is 17.0 Å². The summed E-state index contributed by atoms with van der Waals surface area (Å²) in [5, 5.41) is 9.57. The Balaban J connectivity index is 2.19. The number of carbonyl (C=O) groups excluding carboxylic acids is 2. The molecular weight excluding hydrogens is 302 g/mol. The number of rotatable bonds is 6. The number of nitrogens with zero attached hydrogens (tertiary/aromatic N) is 3. The van der Waals surface area contributed by atoms with Crippen molar-refractivity contribution in [2.75, 3.05) is 0 Å². The van der Waals surface area contributed by atoms with Crippen molar-refractivity contribution >= 4 is 23.0 Å². The lowest BCUT2D eigenvalue weighted by Gasteiger charge is -2.24. The van der Waals surface area contributed by atoms with Crippen LogP contribution < -0.4 is 0 Å². The number of ketones is 1. The van der Waals surface area contributed by atoms with Crippen LogP contribution in [0.25, 0.3) is 0 Å². The van der Waals surface area contributed by atoms with E-state index in [9.17, 15) is 9.59 Å². The molecule has 0 unspecified atom stereocenters. The second-order valence-corrected chi connectivity index (χ2v) is 6.14. The van der Waals surface area contributed by atoms with E-state index in [1.807, 2.05) is 20.8 Å². The molecule has 0 fully saturated rings. The van der Waals surface area contributed by atoms with Crippen molar-refractivity contribution in [2.24, 2.45) is 0 Å². The van der Waals surface area contributed by atoms with Gasteiger partial charge >= 0.3 is 0 Å². The molecule has 0 atom stereocenters. The summed E-state index contributed by atoms with van der Waals surface area (Å²) in [7, 11) is 0. The molecule has 0 radical (unpaired) electrons. The maximum atomic E-state index is 12.6. The van der Waals surface area contributed by atoms with E-state index in [1.54, 1.807) is 16.3 Å². The predicted octanol–water partition coefficient (Wildman–Crippen LogP) is 2.95. The Bertz CT molecular complexity index is 675. The Morgan fingerprint density at radius 3 is 2.50 bits per heavy atom. The normalized spacial score (nSPS) is 11.0. The fraction of sp³-hybridized carbons (Fsp3) is 0.467. The van der Waals surface area contributed by atoms with Crippen molar-refractivity contribution in [1.29, 1.82) is 0 Å². The standard InChI is InChI=1S/C15H19N3O3S/c1-5-13-16-17-14(21-13)7-18(9(2)3)15(20)11-6-12(10(4)19)22-8-11/h6,8-9H,5,7H2,1-4H3. The van der Waals surface area contributed by atoms with E-state index < -0.39 is 0 Å². The first kappa shape index (κ1) is 16.4. The topological polar surface area (TPSA) is 76.3 Å². The number of amides is 1. The van der Waals surface area contributed by atoms with Gasteiger partial charge in [0.1, 0.15) is 0 Å². The number of hydrogen-bond donors (Lipinski definition) is 0. The third kappa shape index (κ3) is 3.59. The Labute approximate surface area is 133 Å². The van der Waals surface area contributed by atoms with Gasteiger partial charge in [-0.05, 0) is 26.8 Å². The molecule has 7 heteroatoms. The zero-order valence-corrected chi connectivity index (χ0v) is 13.9. The Kier molecular flexibility index (Phi) is 5.07. The minimum atomic E-state index is -0.144. The molecule has 0 bridgehead atoms. The number of aromatic nitrogens is 2. The van der Waals surface area contributed by atoms with E-state index in [1.165, 1.54) is 18.3 Å². The zero-order valence-electron chi connectivity index (χ0n) is 13.1. The van der Waals surface area contributed by atoms with Crippen molar-refractivity contribution in [3.8, 4) is 0 Å². The number of Topliss-reactive ketones (excluding diaryl/α,β-unsaturated/α-hetero) is 1. The summed E-state index contributed by atoms with van der Waals surface area (Å²) >= 11 is 1.28. The van der Waals surface area contributed by atoms with Crippen LogP contribution in [0.4, 0.5) is 0 Å². The molecule has 22 heavy (non-hydrogen) atoms. The molecule has 0 aliphatic carbocycles. The summed E-state index contributed by atoms with van der Waals surface area (Å²) in [6, 6.07) is 1.61. The molecule has 0 aliphatic rings. The molecule has 6 nitrogen and oxygen atoms in total. The average Bonchev–Trinajstić information content (AvgIpc) is 3.12. The van der Waals surface area contributed by atoms with Crippen molar-refractivity contribution in [2.45, 2.75) is 46.7 Å². The molecule has 0 spiro atoms. The van der Waals surface area contributed by atoms with Crippen LogP contribution in [0, 0.1) is 0 Å². The van der Waals surface area contributed by atoms with Gasteiger partial charge < -0.3 is 9.32 Å². The van der Waals surface area contributed by atoms with Crippen molar-refractivity contribution < 1.29 is 14.0 Å². The molecule has 0 saturated carbocycles. The van der Waals surface area contributed by atoms with Gasteiger partial charge in [0.25, 0.3) is 5.91 Å². The van der Waals surface area contributed by atoms with Gasteiger partial charge in [-0.15, -0.1) is 21.5 Å². The van der Waals surface area contributed by atoms with Crippen molar-refractivity contribution in [3.05, 3.63) is 33.7 Å². The fourth-order valence-electron chi connectivity index (χ4n) is 1.93. The first-order valence-electron chi connectivity index (χ1n) is 7.14. The van der Waals surface area contributed by atoms with E-state index in [-0.39, 0.29) is 24.3 Å². The SMILES string of the molecule is CCc1nnc(CN(C(=O)c2csc(C(C)=O)c2)C(C)C)o1. The number of carbonyl (C=O) groups is 2. The molecule has 0 saturated heterocycles. The molecule has 2 heterocycles. The highest BCUT2D eigenvalue weighted by Gasteiger charge is 2.23. The molecule has 2 aromatic rings. The van der Waals surface area contributed by atoms with Crippen LogP contribution in [-0.4, -0.2) is 32.8 Å². The lowest BCUT2D eigenvalue weighted by molar-refractivity contribution is 0.0672. The molecule has 2 rings (SSSR count). The molecule has 0 aliphatic heterocycles. The predicted molar refractivity (Wildman–Crippen MR) is 83.0 cm³/mol. The molecule has 2 aromatic heterocycles. The van der Waals surface area contributed by atoms with Crippen LogP contribution in [0.1, 0.15) is 59.5 Å².